The minimum Gasteiger partial charge on any atom is -0.375 e. The highest BCUT2D eigenvalue weighted by Crippen LogP contribution is 2.26. The zero-order chi connectivity index (χ0) is 10.1. The average Bonchev–Trinajstić information content (AvgIpc) is 2.56. The lowest BCUT2D eigenvalue weighted by atomic mass is 10.0. The SMILES string of the molecule is Cc1ccc(C)c(-c2csc(N)n2)c1. The molecule has 2 rings (SSSR count). The van der Waals surface area contributed by atoms with E-state index in [9.17, 15) is 0 Å². The van der Waals surface area contributed by atoms with E-state index in [1.165, 1.54) is 28.0 Å². The molecule has 0 saturated heterocycles. The fourth-order valence-corrected chi connectivity index (χ4v) is 1.99. The van der Waals surface area contributed by atoms with Crippen LogP contribution in [0.25, 0.3) is 11.3 Å². The summed E-state index contributed by atoms with van der Waals surface area (Å²) in [6.45, 7) is 4.17. The second-order valence-electron chi connectivity index (χ2n) is 3.39. The van der Waals surface area contributed by atoms with Crippen LogP contribution in [-0.2, 0) is 0 Å². The molecule has 0 radical (unpaired) electrons. The lowest BCUT2D eigenvalue weighted by molar-refractivity contribution is 1.34. The van der Waals surface area contributed by atoms with E-state index in [1.54, 1.807) is 0 Å². The van der Waals surface area contributed by atoms with E-state index in [0.717, 1.165) is 5.69 Å². The van der Waals surface area contributed by atoms with Crippen molar-refractivity contribution in [3.63, 3.8) is 0 Å². The van der Waals surface area contributed by atoms with Gasteiger partial charge in [0.25, 0.3) is 0 Å². The first-order valence-electron chi connectivity index (χ1n) is 4.45. The normalized spacial score (nSPS) is 10.4. The van der Waals surface area contributed by atoms with Crippen molar-refractivity contribution in [3.05, 3.63) is 34.7 Å². The number of aryl methyl sites for hydroxylation is 2. The topological polar surface area (TPSA) is 38.9 Å². The maximum Gasteiger partial charge on any atom is 0.180 e. The van der Waals surface area contributed by atoms with Gasteiger partial charge in [0.05, 0.1) is 5.69 Å². The summed E-state index contributed by atoms with van der Waals surface area (Å²) < 4.78 is 0. The molecule has 0 fully saturated rings. The summed E-state index contributed by atoms with van der Waals surface area (Å²) >= 11 is 1.48. The molecular formula is C11H12N2S. The smallest absolute Gasteiger partial charge is 0.180 e. The molecule has 1 aromatic carbocycles. The van der Waals surface area contributed by atoms with Gasteiger partial charge in [-0.1, -0.05) is 17.7 Å². The molecule has 1 heterocycles. The Morgan fingerprint density at radius 2 is 2.07 bits per heavy atom. The van der Waals surface area contributed by atoms with Gasteiger partial charge in [0, 0.05) is 10.9 Å². The first-order valence-corrected chi connectivity index (χ1v) is 5.33. The highest BCUT2D eigenvalue weighted by molar-refractivity contribution is 7.13. The number of nitrogens with two attached hydrogens (primary N) is 1. The number of nitrogen functional groups attached to an aromatic ring is 1. The van der Waals surface area contributed by atoms with Gasteiger partial charge in [-0.25, -0.2) is 4.98 Å². The fourth-order valence-electron chi connectivity index (χ4n) is 1.42. The second-order valence-corrected chi connectivity index (χ2v) is 4.28. The highest BCUT2D eigenvalue weighted by Gasteiger charge is 2.05. The minimum atomic E-state index is 0.626. The quantitative estimate of drug-likeness (QED) is 0.775. The summed E-state index contributed by atoms with van der Waals surface area (Å²) in [5.74, 6) is 0. The van der Waals surface area contributed by atoms with Crippen LogP contribution in [-0.4, -0.2) is 4.98 Å². The predicted molar refractivity (Wildman–Crippen MR) is 61.4 cm³/mol. The van der Waals surface area contributed by atoms with E-state index in [2.05, 4.69) is 37.0 Å². The summed E-state index contributed by atoms with van der Waals surface area (Å²) in [6.07, 6.45) is 0. The van der Waals surface area contributed by atoms with Gasteiger partial charge in [0.15, 0.2) is 5.13 Å². The molecule has 0 bridgehead atoms. The zero-order valence-corrected chi connectivity index (χ0v) is 9.06. The van der Waals surface area contributed by atoms with Crippen molar-refractivity contribution < 1.29 is 0 Å². The molecule has 0 unspecified atom stereocenters. The van der Waals surface area contributed by atoms with Crippen LogP contribution >= 0.6 is 11.3 Å². The number of hydrogen-bond acceptors (Lipinski definition) is 3. The van der Waals surface area contributed by atoms with Gasteiger partial charge >= 0.3 is 0 Å². The predicted octanol–water partition coefficient (Wildman–Crippen LogP) is 3.01. The number of anilines is 1. The maximum absolute atomic E-state index is 5.61. The molecule has 14 heavy (non-hydrogen) atoms. The second kappa shape index (κ2) is 3.42. The molecule has 0 aliphatic heterocycles. The van der Waals surface area contributed by atoms with Crippen molar-refractivity contribution in [2.24, 2.45) is 0 Å². The molecule has 72 valence electrons. The van der Waals surface area contributed by atoms with Crippen LogP contribution in [0.15, 0.2) is 23.6 Å². The van der Waals surface area contributed by atoms with Crippen molar-refractivity contribution in [2.75, 3.05) is 5.73 Å². The molecule has 0 aliphatic carbocycles. The van der Waals surface area contributed by atoms with Gasteiger partial charge in [-0.2, -0.15) is 0 Å². The van der Waals surface area contributed by atoms with Gasteiger partial charge in [0.2, 0.25) is 0 Å². The Morgan fingerprint density at radius 1 is 1.29 bits per heavy atom. The third-order valence-electron chi connectivity index (χ3n) is 2.19. The van der Waals surface area contributed by atoms with Crippen LogP contribution in [0.2, 0.25) is 0 Å². The summed E-state index contributed by atoms with van der Waals surface area (Å²) in [7, 11) is 0. The van der Waals surface area contributed by atoms with Crippen LogP contribution in [0.4, 0.5) is 5.13 Å². The monoisotopic (exact) mass is 204 g/mol. The first-order chi connectivity index (χ1) is 6.66. The van der Waals surface area contributed by atoms with E-state index >= 15 is 0 Å². The molecule has 0 saturated carbocycles. The van der Waals surface area contributed by atoms with E-state index in [0.29, 0.717) is 5.13 Å². The molecule has 0 spiro atoms. The van der Waals surface area contributed by atoms with Gasteiger partial charge in [-0.3, -0.25) is 0 Å². The number of aromatic nitrogens is 1. The van der Waals surface area contributed by atoms with Crippen LogP contribution in [0.5, 0.6) is 0 Å². The Bertz CT molecular complexity index is 460. The third kappa shape index (κ3) is 1.63. The molecule has 0 amide bonds. The highest BCUT2D eigenvalue weighted by atomic mass is 32.1. The molecule has 3 heteroatoms. The van der Waals surface area contributed by atoms with E-state index in [-0.39, 0.29) is 0 Å². The minimum absolute atomic E-state index is 0.626. The molecule has 2 N–H and O–H groups in total. The number of thiazole rings is 1. The van der Waals surface area contributed by atoms with Crippen molar-refractivity contribution in [3.8, 4) is 11.3 Å². The van der Waals surface area contributed by atoms with Crippen LogP contribution in [0.3, 0.4) is 0 Å². The van der Waals surface area contributed by atoms with Crippen molar-refractivity contribution in [1.82, 2.24) is 4.98 Å². The summed E-state index contributed by atoms with van der Waals surface area (Å²) in [5.41, 5.74) is 10.3. The van der Waals surface area contributed by atoms with E-state index < -0.39 is 0 Å². The third-order valence-corrected chi connectivity index (χ3v) is 2.86. The Morgan fingerprint density at radius 3 is 2.71 bits per heavy atom. The van der Waals surface area contributed by atoms with E-state index in [1.807, 2.05) is 5.38 Å². The molecule has 0 aliphatic rings. The first kappa shape index (κ1) is 9.21. The summed E-state index contributed by atoms with van der Waals surface area (Å²) in [4.78, 5) is 4.28. The number of rotatable bonds is 1. The Kier molecular flexibility index (Phi) is 2.25. The fraction of sp³-hybridized carbons (Fsp3) is 0.182. The Hall–Kier alpha value is -1.35. The van der Waals surface area contributed by atoms with Crippen LogP contribution < -0.4 is 5.73 Å². The summed E-state index contributed by atoms with van der Waals surface area (Å²) in [6, 6.07) is 6.36. The molecule has 2 aromatic rings. The van der Waals surface area contributed by atoms with Crippen molar-refractivity contribution in [2.45, 2.75) is 13.8 Å². The zero-order valence-electron chi connectivity index (χ0n) is 8.24. The van der Waals surface area contributed by atoms with Gasteiger partial charge in [0.1, 0.15) is 0 Å². The lowest BCUT2D eigenvalue weighted by Gasteiger charge is -2.03. The van der Waals surface area contributed by atoms with Crippen molar-refractivity contribution >= 4 is 16.5 Å². The van der Waals surface area contributed by atoms with Crippen LogP contribution in [0.1, 0.15) is 11.1 Å². The molecule has 2 nitrogen and oxygen atoms in total. The average molecular weight is 204 g/mol. The number of benzene rings is 1. The largest absolute Gasteiger partial charge is 0.375 e. The number of nitrogens with zero attached hydrogens (tertiary/aromatic N) is 1. The van der Waals surface area contributed by atoms with E-state index in [4.69, 9.17) is 5.73 Å². The maximum atomic E-state index is 5.61. The van der Waals surface area contributed by atoms with Gasteiger partial charge in [-0.15, -0.1) is 11.3 Å². The Labute approximate surface area is 87.4 Å². The van der Waals surface area contributed by atoms with Gasteiger partial charge < -0.3 is 5.73 Å². The van der Waals surface area contributed by atoms with Crippen molar-refractivity contribution in [1.29, 1.82) is 0 Å². The molecular weight excluding hydrogens is 192 g/mol. The van der Waals surface area contributed by atoms with Crippen LogP contribution in [0, 0.1) is 13.8 Å². The number of hydrogen-bond donors (Lipinski definition) is 1. The van der Waals surface area contributed by atoms with Gasteiger partial charge in [-0.05, 0) is 25.5 Å². The Balaban J connectivity index is 2.55. The molecule has 1 aromatic heterocycles. The summed E-state index contributed by atoms with van der Waals surface area (Å²) in [5, 5.41) is 2.62. The standard InChI is InChI=1S/C11H12N2S/c1-7-3-4-8(2)9(5-7)10-6-14-11(12)13-10/h3-6H,1-2H3,(H2,12,13). The lowest BCUT2D eigenvalue weighted by Crippen LogP contribution is -1.86. The molecule has 0 atom stereocenters.